The molecule has 0 saturated carbocycles. The van der Waals surface area contributed by atoms with Crippen LogP contribution in [-0.2, 0) is 9.59 Å². The molecule has 0 atom stereocenters. The molecule has 4 nitrogen and oxygen atoms in total. The van der Waals surface area contributed by atoms with Crippen LogP contribution in [0.5, 0.6) is 11.5 Å². The normalized spacial score (nSPS) is 10.6. The molecule has 0 N–H and O–H groups in total. The molecule has 0 heterocycles. The maximum atomic E-state index is 14.6. The van der Waals surface area contributed by atoms with Gasteiger partial charge in [-0.3, -0.25) is 4.79 Å². The van der Waals surface area contributed by atoms with Crippen molar-refractivity contribution < 1.29 is 23.5 Å². The fraction of sp³-hybridized carbons (Fsp3) is 0.154. The molecule has 0 fully saturated rings. The van der Waals surface area contributed by atoms with Gasteiger partial charge in [0.15, 0.2) is 0 Å². The number of esters is 2. The summed E-state index contributed by atoms with van der Waals surface area (Å²) in [4.78, 5) is 23.3. The van der Waals surface area contributed by atoms with Gasteiger partial charge in [-0.2, -0.15) is 0 Å². The van der Waals surface area contributed by atoms with E-state index in [1.807, 2.05) is 36.4 Å². The van der Waals surface area contributed by atoms with Crippen molar-refractivity contribution in [2.45, 2.75) is 20.8 Å². The van der Waals surface area contributed by atoms with Gasteiger partial charge in [0, 0.05) is 17.2 Å². The Kier molecular flexibility index (Phi) is 6.65. The van der Waals surface area contributed by atoms with Crippen LogP contribution in [0.2, 0.25) is 0 Å². The molecule has 0 aliphatic carbocycles. The standard InChI is InChI=1S/C26H23FO4/c1-16(2)25(28)30-21-11-9-19(10-12-21)18-5-7-20(8-6-18)23-14-13-22(15-24(23)27)31-26(29)17(3)4/h5-15,17H,1H2,2-4H3. The van der Waals surface area contributed by atoms with Crippen molar-refractivity contribution in [3.63, 3.8) is 0 Å². The molecule has 0 saturated heterocycles. The lowest BCUT2D eigenvalue weighted by molar-refractivity contribution is -0.137. The van der Waals surface area contributed by atoms with E-state index in [-0.39, 0.29) is 11.7 Å². The SMILES string of the molecule is C=C(C)C(=O)Oc1ccc(-c2ccc(-c3ccc(OC(=O)C(C)C)cc3F)cc2)cc1. The Hall–Kier alpha value is -3.73. The van der Waals surface area contributed by atoms with Crippen molar-refractivity contribution in [3.8, 4) is 33.8 Å². The zero-order chi connectivity index (χ0) is 22.5. The first-order valence-corrected chi connectivity index (χ1v) is 9.84. The Bertz CT molecular complexity index is 1110. The Morgan fingerprint density at radius 1 is 0.806 bits per heavy atom. The maximum absolute atomic E-state index is 14.6. The van der Waals surface area contributed by atoms with Gasteiger partial charge in [-0.05, 0) is 47.9 Å². The molecule has 3 aromatic carbocycles. The van der Waals surface area contributed by atoms with E-state index in [4.69, 9.17) is 9.47 Å². The van der Waals surface area contributed by atoms with E-state index in [1.54, 1.807) is 45.0 Å². The van der Waals surface area contributed by atoms with Gasteiger partial charge in [0.1, 0.15) is 17.3 Å². The number of halogens is 1. The third kappa shape index (κ3) is 5.45. The van der Waals surface area contributed by atoms with Crippen LogP contribution in [-0.4, -0.2) is 11.9 Å². The van der Waals surface area contributed by atoms with E-state index in [2.05, 4.69) is 6.58 Å². The van der Waals surface area contributed by atoms with Gasteiger partial charge < -0.3 is 9.47 Å². The van der Waals surface area contributed by atoms with Crippen LogP contribution >= 0.6 is 0 Å². The molecule has 158 valence electrons. The molecule has 3 aromatic rings. The van der Waals surface area contributed by atoms with Crippen LogP contribution in [0.3, 0.4) is 0 Å². The largest absolute Gasteiger partial charge is 0.426 e. The van der Waals surface area contributed by atoms with Gasteiger partial charge in [-0.15, -0.1) is 0 Å². The van der Waals surface area contributed by atoms with E-state index in [0.717, 1.165) is 11.1 Å². The molecule has 0 spiro atoms. The van der Waals surface area contributed by atoms with Gasteiger partial charge in [0.2, 0.25) is 0 Å². The summed E-state index contributed by atoms with van der Waals surface area (Å²) in [6.45, 7) is 8.59. The summed E-state index contributed by atoms with van der Waals surface area (Å²) in [5, 5.41) is 0. The fourth-order valence-electron chi connectivity index (χ4n) is 2.78. The third-order valence-corrected chi connectivity index (χ3v) is 4.57. The Morgan fingerprint density at radius 2 is 1.32 bits per heavy atom. The first-order valence-electron chi connectivity index (χ1n) is 9.84. The van der Waals surface area contributed by atoms with Crippen molar-refractivity contribution >= 4 is 11.9 Å². The number of hydrogen-bond donors (Lipinski definition) is 0. The molecule has 0 amide bonds. The van der Waals surface area contributed by atoms with Gasteiger partial charge in [-0.1, -0.05) is 56.8 Å². The van der Waals surface area contributed by atoms with Crippen LogP contribution in [0, 0.1) is 11.7 Å². The van der Waals surface area contributed by atoms with E-state index < -0.39 is 17.8 Å². The lowest BCUT2D eigenvalue weighted by Gasteiger charge is -2.10. The highest BCUT2D eigenvalue weighted by atomic mass is 19.1. The molecule has 0 aliphatic rings. The quantitative estimate of drug-likeness (QED) is 0.272. The van der Waals surface area contributed by atoms with Crippen molar-refractivity contribution in [1.29, 1.82) is 0 Å². The van der Waals surface area contributed by atoms with E-state index >= 15 is 0 Å². The van der Waals surface area contributed by atoms with Crippen LogP contribution in [0.25, 0.3) is 22.3 Å². The van der Waals surface area contributed by atoms with E-state index in [9.17, 15) is 14.0 Å². The minimum atomic E-state index is -0.468. The lowest BCUT2D eigenvalue weighted by Crippen LogP contribution is -2.14. The minimum Gasteiger partial charge on any atom is -0.426 e. The third-order valence-electron chi connectivity index (χ3n) is 4.57. The fourth-order valence-corrected chi connectivity index (χ4v) is 2.78. The highest BCUT2D eigenvalue weighted by Gasteiger charge is 2.13. The number of carbonyl (C=O) groups is 2. The van der Waals surface area contributed by atoms with Crippen LogP contribution < -0.4 is 9.47 Å². The summed E-state index contributed by atoms with van der Waals surface area (Å²) in [5.41, 5.74) is 3.31. The summed E-state index contributed by atoms with van der Waals surface area (Å²) in [5.74, 6) is -1.01. The summed E-state index contributed by atoms with van der Waals surface area (Å²) >= 11 is 0. The molecule has 0 aliphatic heterocycles. The highest BCUT2D eigenvalue weighted by Crippen LogP contribution is 2.29. The average Bonchev–Trinajstić information content (AvgIpc) is 2.74. The predicted octanol–water partition coefficient (Wildman–Crippen LogP) is 6.20. The summed E-state index contributed by atoms with van der Waals surface area (Å²) in [6.07, 6.45) is 0. The van der Waals surface area contributed by atoms with Gasteiger partial charge >= 0.3 is 11.9 Å². The summed E-state index contributed by atoms with van der Waals surface area (Å²) in [7, 11) is 0. The number of carbonyl (C=O) groups excluding carboxylic acids is 2. The highest BCUT2D eigenvalue weighted by molar-refractivity contribution is 5.88. The zero-order valence-corrected chi connectivity index (χ0v) is 17.6. The molecule has 0 unspecified atom stereocenters. The van der Waals surface area contributed by atoms with Gasteiger partial charge in [0.25, 0.3) is 0 Å². The second-order valence-corrected chi connectivity index (χ2v) is 7.49. The van der Waals surface area contributed by atoms with E-state index in [1.165, 1.54) is 6.07 Å². The van der Waals surface area contributed by atoms with Crippen molar-refractivity contribution in [2.24, 2.45) is 5.92 Å². The Labute approximate surface area is 180 Å². The first kappa shape index (κ1) is 22.0. The molecule has 5 heteroatoms. The molecular formula is C26H23FO4. The zero-order valence-electron chi connectivity index (χ0n) is 17.6. The first-order chi connectivity index (χ1) is 14.7. The van der Waals surface area contributed by atoms with Crippen molar-refractivity contribution in [1.82, 2.24) is 0 Å². The van der Waals surface area contributed by atoms with Crippen molar-refractivity contribution in [2.75, 3.05) is 0 Å². The Balaban J connectivity index is 1.75. The lowest BCUT2D eigenvalue weighted by atomic mass is 10.00. The van der Waals surface area contributed by atoms with Crippen LogP contribution in [0.4, 0.5) is 4.39 Å². The second-order valence-electron chi connectivity index (χ2n) is 7.49. The number of hydrogen-bond acceptors (Lipinski definition) is 4. The predicted molar refractivity (Wildman–Crippen MR) is 118 cm³/mol. The van der Waals surface area contributed by atoms with Crippen LogP contribution in [0.1, 0.15) is 20.8 Å². The Morgan fingerprint density at radius 3 is 1.84 bits per heavy atom. The topological polar surface area (TPSA) is 52.6 Å². The molecular weight excluding hydrogens is 395 g/mol. The molecule has 0 aromatic heterocycles. The summed E-state index contributed by atoms with van der Waals surface area (Å²) < 4.78 is 24.9. The summed E-state index contributed by atoms with van der Waals surface area (Å²) in [6, 6.07) is 18.9. The maximum Gasteiger partial charge on any atom is 0.338 e. The number of benzene rings is 3. The van der Waals surface area contributed by atoms with Crippen LogP contribution in [0.15, 0.2) is 78.9 Å². The smallest absolute Gasteiger partial charge is 0.338 e. The molecule has 31 heavy (non-hydrogen) atoms. The van der Waals surface area contributed by atoms with Gasteiger partial charge in [0.05, 0.1) is 5.92 Å². The number of ether oxygens (including phenoxy) is 2. The molecule has 3 rings (SSSR count). The monoisotopic (exact) mass is 418 g/mol. The average molecular weight is 418 g/mol. The number of rotatable bonds is 6. The second kappa shape index (κ2) is 9.39. The van der Waals surface area contributed by atoms with Gasteiger partial charge in [-0.25, -0.2) is 9.18 Å². The van der Waals surface area contributed by atoms with Crippen molar-refractivity contribution in [3.05, 3.63) is 84.7 Å². The molecule has 0 radical (unpaired) electrons. The molecule has 0 bridgehead atoms. The minimum absolute atomic E-state index is 0.184. The van der Waals surface area contributed by atoms with E-state index in [0.29, 0.717) is 22.4 Å².